The summed E-state index contributed by atoms with van der Waals surface area (Å²) in [7, 11) is 3.66. The fourth-order valence-corrected chi connectivity index (χ4v) is 1.36. The van der Waals surface area contributed by atoms with Crippen LogP contribution >= 0.6 is 0 Å². The average Bonchev–Trinajstić information content (AvgIpc) is 2.02. The predicted octanol–water partition coefficient (Wildman–Crippen LogP) is 1.10. The number of rotatable bonds is 5. The highest BCUT2D eigenvalue weighted by molar-refractivity contribution is 5.78. The van der Waals surface area contributed by atoms with Crippen LogP contribution in [0.25, 0.3) is 0 Å². The second-order valence-corrected chi connectivity index (χ2v) is 4.01. The normalized spacial score (nSPS) is 13.1. The van der Waals surface area contributed by atoms with Gasteiger partial charge in [-0.15, -0.1) is 0 Å². The quantitative estimate of drug-likeness (QED) is 0.697. The number of hydrogen-bond donors (Lipinski definition) is 1. The maximum Gasteiger partial charge on any atom is 0.236 e. The standard InChI is InChI=1S/C10H22N2O/c1-8(2)6-9(3)12(5)10(13)7-11-4/h8-9,11H,6-7H2,1-5H3/t9-/m1/s1. The molecule has 0 aromatic rings. The molecule has 0 bridgehead atoms. The van der Waals surface area contributed by atoms with Crippen LogP contribution in [0.15, 0.2) is 0 Å². The molecule has 78 valence electrons. The summed E-state index contributed by atoms with van der Waals surface area (Å²) in [4.78, 5) is 13.2. The number of likely N-dealkylation sites (N-methyl/N-ethyl adjacent to an activating group) is 2. The van der Waals surface area contributed by atoms with Crippen LogP contribution in [-0.2, 0) is 4.79 Å². The topological polar surface area (TPSA) is 32.3 Å². The molecule has 0 saturated heterocycles. The third-order valence-electron chi connectivity index (χ3n) is 2.20. The van der Waals surface area contributed by atoms with Crippen molar-refractivity contribution in [1.82, 2.24) is 10.2 Å². The molecule has 0 unspecified atom stereocenters. The molecule has 0 rings (SSSR count). The zero-order valence-corrected chi connectivity index (χ0v) is 9.42. The van der Waals surface area contributed by atoms with E-state index >= 15 is 0 Å². The van der Waals surface area contributed by atoms with E-state index in [4.69, 9.17) is 0 Å². The van der Waals surface area contributed by atoms with Gasteiger partial charge in [0.25, 0.3) is 0 Å². The van der Waals surface area contributed by atoms with Crippen molar-refractivity contribution in [2.24, 2.45) is 5.92 Å². The SMILES string of the molecule is CNCC(=O)N(C)[C@H](C)CC(C)C. The molecule has 1 atom stereocenters. The molecule has 13 heavy (non-hydrogen) atoms. The second kappa shape index (κ2) is 5.97. The van der Waals surface area contributed by atoms with Gasteiger partial charge in [0, 0.05) is 13.1 Å². The molecule has 0 aromatic heterocycles. The Morgan fingerprint density at radius 2 is 1.92 bits per heavy atom. The van der Waals surface area contributed by atoms with Gasteiger partial charge in [-0.25, -0.2) is 0 Å². The van der Waals surface area contributed by atoms with Crippen LogP contribution in [0.5, 0.6) is 0 Å². The van der Waals surface area contributed by atoms with E-state index in [1.807, 2.05) is 11.9 Å². The Morgan fingerprint density at radius 3 is 2.31 bits per heavy atom. The lowest BCUT2D eigenvalue weighted by Crippen LogP contribution is -2.40. The Bertz CT molecular complexity index is 157. The van der Waals surface area contributed by atoms with Gasteiger partial charge in [-0.05, 0) is 26.3 Å². The summed E-state index contributed by atoms with van der Waals surface area (Å²) in [6, 6.07) is 0.334. The first kappa shape index (κ1) is 12.4. The largest absolute Gasteiger partial charge is 0.342 e. The highest BCUT2D eigenvalue weighted by atomic mass is 16.2. The molecule has 0 aliphatic heterocycles. The van der Waals surface area contributed by atoms with Gasteiger partial charge in [0.15, 0.2) is 0 Å². The Kier molecular flexibility index (Phi) is 5.71. The molecule has 0 fully saturated rings. The van der Waals surface area contributed by atoms with Crippen LogP contribution in [0.4, 0.5) is 0 Å². The van der Waals surface area contributed by atoms with Crippen molar-refractivity contribution in [2.45, 2.75) is 33.2 Å². The molecule has 0 aliphatic carbocycles. The first-order valence-electron chi connectivity index (χ1n) is 4.89. The Morgan fingerprint density at radius 1 is 1.38 bits per heavy atom. The summed E-state index contributed by atoms with van der Waals surface area (Å²) in [6.07, 6.45) is 1.06. The molecule has 0 aromatic carbocycles. The molecular weight excluding hydrogens is 164 g/mol. The number of carbonyl (C=O) groups excluding carboxylic acids is 1. The molecule has 0 heterocycles. The monoisotopic (exact) mass is 186 g/mol. The van der Waals surface area contributed by atoms with E-state index in [0.29, 0.717) is 18.5 Å². The minimum Gasteiger partial charge on any atom is -0.342 e. The molecule has 3 heteroatoms. The molecule has 0 spiro atoms. The van der Waals surface area contributed by atoms with Gasteiger partial charge in [-0.2, -0.15) is 0 Å². The van der Waals surface area contributed by atoms with Gasteiger partial charge in [-0.1, -0.05) is 13.8 Å². The van der Waals surface area contributed by atoms with Crippen molar-refractivity contribution < 1.29 is 4.79 Å². The van der Waals surface area contributed by atoms with Crippen LogP contribution in [0.3, 0.4) is 0 Å². The highest BCUT2D eigenvalue weighted by Crippen LogP contribution is 2.09. The minimum absolute atomic E-state index is 0.163. The maximum atomic E-state index is 11.4. The predicted molar refractivity (Wildman–Crippen MR) is 55.6 cm³/mol. The second-order valence-electron chi connectivity index (χ2n) is 4.01. The summed E-state index contributed by atoms with van der Waals surface area (Å²) in [5.41, 5.74) is 0. The fourth-order valence-electron chi connectivity index (χ4n) is 1.36. The molecular formula is C10H22N2O. The lowest BCUT2D eigenvalue weighted by Gasteiger charge is -2.26. The number of nitrogens with one attached hydrogen (secondary N) is 1. The number of amides is 1. The van der Waals surface area contributed by atoms with Gasteiger partial charge in [-0.3, -0.25) is 4.79 Å². The van der Waals surface area contributed by atoms with E-state index in [0.717, 1.165) is 6.42 Å². The van der Waals surface area contributed by atoms with Gasteiger partial charge >= 0.3 is 0 Å². The summed E-state index contributed by atoms with van der Waals surface area (Å²) in [5, 5.41) is 2.87. The zero-order chi connectivity index (χ0) is 10.4. The smallest absolute Gasteiger partial charge is 0.236 e. The Balaban J connectivity index is 3.93. The third kappa shape index (κ3) is 4.88. The van der Waals surface area contributed by atoms with Crippen molar-refractivity contribution in [3.05, 3.63) is 0 Å². The highest BCUT2D eigenvalue weighted by Gasteiger charge is 2.15. The molecule has 1 N–H and O–H groups in total. The van der Waals surface area contributed by atoms with E-state index in [1.54, 1.807) is 7.05 Å². The summed E-state index contributed by atoms with van der Waals surface area (Å²) in [6.45, 7) is 6.87. The van der Waals surface area contributed by atoms with E-state index in [1.165, 1.54) is 0 Å². The van der Waals surface area contributed by atoms with Crippen LogP contribution < -0.4 is 5.32 Å². The van der Waals surface area contributed by atoms with Crippen molar-refractivity contribution in [3.63, 3.8) is 0 Å². The first-order valence-corrected chi connectivity index (χ1v) is 4.89. The summed E-state index contributed by atoms with van der Waals surface area (Å²) < 4.78 is 0. The molecule has 0 saturated carbocycles. The molecule has 0 aliphatic rings. The number of carbonyl (C=O) groups is 1. The fraction of sp³-hybridized carbons (Fsp3) is 0.900. The average molecular weight is 186 g/mol. The first-order chi connectivity index (χ1) is 5.99. The van der Waals surface area contributed by atoms with Gasteiger partial charge in [0.2, 0.25) is 5.91 Å². The van der Waals surface area contributed by atoms with Gasteiger partial charge in [0.05, 0.1) is 6.54 Å². The van der Waals surface area contributed by atoms with Crippen molar-refractivity contribution >= 4 is 5.91 Å². The Hall–Kier alpha value is -0.570. The van der Waals surface area contributed by atoms with Crippen molar-refractivity contribution in [3.8, 4) is 0 Å². The van der Waals surface area contributed by atoms with E-state index < -0.39 is 0 Å². The van der Waals surface area contributed by atoms with Crippen molar-refractivity contribution in [2.75, 3.05) is 20.6 Å². The van der Waals surface area contributed by atoms with E-state index in [-0.39, 0.29) is 5.91 Å². The van der Waals surface area contributed by atoms with Crippen LogP contribution in [-0.4, -0.2) is 37.5 Å². The van der Waals surface area contributed by atoms with Crippen molar-refractivity contribution in [1.29, 1.82) is 0 Å². The summed E-state index contributed by atoms with van der Waals surface area (Å²) in [5.74, 6) is 0.801. The van der Waals surface area contributed by atoms with Gasteiger partial charge in [0.1, 0.15) is 0 Å². The molecule has 1 amide bonds. The third-order valence-corrected chi connectivity index (χ3v) is 2.20. The Labute approximate surface area is 81.5 Å². The minimum atomic E-state index is 0.163. The summed E-state index contributed by atoms with van der Waals surface area (Å²) >= 11 is 0. The maximum absolute atomic E-state index is 11.4. The van der Waals surface area contributed by atoms with Gasteiger partial charge < -0.3 is 10.2 Å². The lowest BCUT2D eigenvalue weighted by atomic mass is 10.0. The molecule has 3 nitrogen and oxygen atoms in total. The lowest BCUT2D eigenvalue weighted by molar-refractivity contribution is -0.130. The zero-order valence-electron chi connectivity index (χ0n) is 9.42. The van der Waals surface area contributed by atoms with Crippen LogP contribution in [0.1, 0.15) is 27.2 Å². The van der Waals surface area contributed by atoms with Crippen LogP contribution in [0.2, 0.25) is 0 Å². The number of hydrogen-bond acceptors (Lipinski definition) is 2. The molecule has 0 radical (unpaired) electrons. The number of nitrogens with zero attached hydrogens (tertiary/aromatic N) is 1. The van der Waals surface area contributed by atoms with E-state index in [2.05, 4.69) is 26.1 Å². The van der Waals surface area contributed by atoms with E-state index in [9.17, 15) is 4.79 Å². The van der Waals surface area contributed by atoms with Crippen LogP contribution in [0, 0.1) is 5.92 Å².